The summed E-state index contributed by atoms with van der Waals surface area (Å²) in [6.45, 7) is 1.96. The molecule has 0 spiro atoms. The molecule has 0 radical (unpaired) electrons. The zero-order valence-corrected chi connectivity index (χ0v) is 15.1. The summed E-state index contributed by atoms with van der Waals surface area (Å²) < 4.78 is 5.90. The fourth-order valence-corrected chi connectivity index (χ4v) is 3.53. The molecule has 0 aliphatic heterocycles. The number of nitrogens with one attached hydrogen (secondary N) is 1. The van der Waals surface area contributed by atoms with Crippen LogP contribution in [0, 0.1) is 17.0 Å². The fraction of sp³-hybridized carbons (Fsp3) is 0.222. The van der Waals surface area contributed by atoms with Crippen molar-refractivity contribution in [1.82, 2.24) is 4.98 Å². The Balaban J connectivity index is 1.63. The molecule has 0 saturated carbocycles. The van der Waals surface area contributed by atoms with Crippen LogP contribution in [0.2, 0.25) is 0 Å². The Kier molecular flexibility index (Phi) is 5.13. The molecule has 26 heavy (non-hydrogen) atoms. The molecule has 1 N–H and O–H groups in total. The summed E-state index contributed by atoms with van der Waals surface area (Å²) in [4.78, 5) is 26.8. The number of carbonyl (C=O) groups is 1. The van der Waals surface area contributed by atoms with Crippen molar-refractivity contribution in [2.24, 2.45) is 0 Å². The highest BCUT2D eigenvalue weighted by atomic mass is 32.1. The number of benzene rings is 2. The quantitative estimate of drug-likeness (QED) is 0.520. The molecule has 0 saturated heterocycles. The number of fused-ring (bicyclic) bond motifs is 1. The van der Waals surface area contributed by atoms with E-state index in [1.807, 2.05) is 25.1 Å². The Hall–Kier alpha value is -3.00. The average molecular weight is 371 g/mol. The minimum Gasteiger partial charge on any atom is -0.496 e. The van der Waals surface area contributed by atoms with Gasteiger partial charge in [-0.25, -0.2) is 4.98 Å². The van der Waals surface area contributed by atoms with E-state index in [-0.39, 0.29) is 11.6 Å². The Bertz CT molecular complexity index is 984. The second-order valence-electron chi connectivity index (χ2n) is 5.78. The Labute approximate surface area is 153 Å². The molecule has 0 bridgehead atoms. The van der Waals surface area contributed by atoms with E-state index >= 15 is 0 Å². The summed E-state index contributed by atoms with van der Waals surface area (Å²) >= 11 is 1.22. The molecule has 3 aromatic rings. The van der Waals surface area contributed by atoms with Gasteiger partial charge in [0.05, 0.1) is 22.2 Å². The van der Waals surface area contributed by atoms with Crippen molar-refractivity contribution in [2.45, 2.75) is 19.8 Å². The maximum atomic E-state index is 12.2. The van der Waals surface area contributed by atoms with Crippen LogP contribution in [0.1, 0.15) is 17.5 Å². The lowest BCUT2D eigenvalue weighted by Crippen LogP contribution is -2.12. The third-order valence-corrected chi connectivity index (χ3v) is 4.86. The number of non-ortho nitro benzene ring substituents is 1. The van der Waals surface area contributed by atoms with Gasteiger partial charge >= 0.3 is 0 Å². The number of rotatable bonds is 6. The van der Waals surface area contributed by atoms with E-state index < -0.39 is 4.92 Å². The molecule has 1 heterocycles. The van der Waals surface area contributed by atoms with Crippen LogP contribution in [0.25, 0.3) is 10.2 Å². The summed E-state index contributed by atoms with van der Waals surface area (Å²) in [5.41, 5.74) is 2.71. The lowest BCUT2D eigenvalue weighted by atomic mass is 10.1. The molecule has 0 aliphatic carbocycles. The monoisotopic (exact) mass is 371 g/mol. The van der Waals surface area contributed by atoms with Crippen LogP contribution in [0.3, 0.4) is 0 Å². The lowest BCUT2D eigenvalue weighted by Gasteiger charge is -2.07. The Morgan fingerprint density at radius 2 is 2.12 bits per heavy atom. The van der Waals surface area contributed by atoms with Gasteiger partial charge in [0.2, 0.25) is 5.91 Å². The topological polar surface area (TPSA) is 94.4 Å². The lowest BCUT2D eigenvalue weighted by molar-refractivity contribution is -0.384. The first-order chi connectivity index (χ1) is 12.5. The van der Waals surface area contributed by atoms with Crippen LogP contribution >= 0.6 is 11.3 Å². The number of amides is 1. The zero-order chi connectivity index (χ0) is 18.7. The summed E-state index contributed by atoms with van der Waals surface area (Å²) in [5, 5.41) is 14.0. The van der Waals surface area contributed by atoms with Crippen LogP contribution in [0.5, 0.6) is 5.75 Å². The maximum Gasteiger partial charge on any atom is 0.270 e. The van der Waals surface area contributed by atoms with E-state index in [0.29, 0.717) is 28.2 Å². The summed E-state index contributed by atoms with van der Waals surface area (Å²) in [6.07, 6.45) is 0.925. The highest BCUT2D eigenvalue weighted by Gasteiger charge is 2.12. The summed E-state index contributed by atoms with van der Waals surface area (Å²) in [6, 6.07) is 10.3. The van der Waals surface area contributed by atoms with Gasteiger partial charge < -0.3 is 10.1 Å². The smallest absolute Gasteiger partial charge is 0.270 e. The molecular weight excluding hydrogens is 354 g/mol. The van der Waals surface area contributed by atoms with Gasteiger partial charge in [-0.05, 0) is 36.6 Å². The van der Waals surface area contributed by atoms with Gasteiger partial charge in [0.25, 0.3) is 5.69 Å². The van der Waals surface area contributed by atoms with E-state index in [4.69, 9.17) is 4.74 Å². The number of aryl methyl sites for hydroxylation is 2. The Morgan fingerprint density at radius 3 is 2.81 bits per heavy atom. The van der Waals surface area contributed by atoms with Gasteiger partial charge in [0.15, 0.2) is 5.13 Å². The summed E-state index contributed by atoms with van der Waals surface area (Å²) in [5.74, 6) is 0.675. The van der Waals surface area contributed by atoms with Crippen molar-refractivity contribution in [3.05, 3.63) is 57.6 Å². The van der Waals surface area contributed by atoms with E-state index in [2.05, 4.69) is 10.3 Å². The molecule has 3 rings (SSSR count). The molecule has 0 unspecified atom stereocenters. The van der Waals surface area contributed by atoms with Crippen molar-refractivity contribution in [2.75, 3.05) is 12.4 Å². The van der Waals surface area contributed by atoms with E-state index in [9.17, 15) is 14.9 Å². The number of nitro benzene ring substituents is 1. The predicted molar refractivity (Wildman–Crippen MR) is 101 cm³/mol. The number of ether oxygens (including phenoxy) is 1. The minimum atomic E-state index is -0.450. The van der Waals surface area contributed by atoms with Gasteiger partial charge in [-0.15, -0.1) is 0 Å². The number of thiazole rings is 1. The molecule has 0 fully saturated rings. The SMILES string of the molecule is COc1ccc(CCC(=O)Nc2nc3ccc([N+](=O)[O-])cc3s2)cc1C. The third kappa shape index (κ3) is 3.97. The largest absolute Gasteiger partial charge is 0.496 e. The molecule has 8 heteroatoms. The van der Waals surface area contributed by atoms with E-state index in [1.54, 1.807) is 13.2 Å². The number of hydrogen-bond acceptors (Lipinski definition) is 6. The number of hydrogen-bond donors (Lipinski definition) is 1. The van der Waals surface area contributed by atoms with Crippen molar-refractivity contribution >= 4 is 38.3 Å². The first kappa shape index (κ1) is 17.8. The Morgan fingerprint density at radius 1 is 1.31 bits per heavy atom. The molecule has 1 amide bonds. The third-order valence-electron chi connectivity index (χ3n) is 3.93. The highest BCUT2D eigenvalue weighted by molar-refractivity contribution is 7.22. The number of nitrogens with zero attached hydrogens (tertiary/aromatic N) is 2. The van der Waals surface area contributed by atoms with Crippen LogP contribution in [-0.2, 0) is 11.2 Å². The zero-order valence-electron chi connectivity index (χ0n) is 14.3. The molecule has 0 atom stereocenters. The van der Waals surface area contributed by atoms with Crippen molar-refractivity contribution in [3.8, 4) is 5.75 Å². The minimum absolute atomic E-state index is 0.00824. The number of aromatic nitrogens is 1. The number of carbonyl (C=O) groups excluding carboxylic acids is 1. The van der Waals surface area contributed by atoms with E-state index in [1.165, 1.54) is 23.5 Å². The summed E-state index contributed by atoms with van der Waals surface area (Å²) in [7, 11) is 1.63. The van der Waals surface area contributed by atoms with Crippen LogP contribution in [-0.4, -0.2) is 22.9 Å². The molecule has 2 aromatic carbocycles. The van der Waals surface area contributed by atoms with Gasteiger partial charge in [-0.2, -0.15) is 0 Å². The van der Waals surface area contributed by atoms with Crippen molar-refractivity contribution < 1.29 is 14.5 Å². The van der Waals surface area contributed by atoms with Crippen LogP contribution in [0.4, 0.5) is 10.8 Å². The number of methoxy groups -OCH3 is 1. The van der Waals surface area contributed by atoms with Gasteiger partial charge in [-0.1, -0.05) is 23.5 Å². The second kappa shape index (κ2) is 7.49. The van der Waals surface area contributed by atoms with Gasteiger partial charge in [0.1, 0.15) is 5.75 Å². The van der Waals surface area contributed by atoms with Crippen molar-refractivity contribution in [3.63, 3.8) is 0 Å². The first-order valence-electron chi connectivity index (χ1n) is 7.94. The fourth-order valence-electron chi connectivity index (χ4n) is 2.62. The molecular formula is C18H17N3O4S. The molecule has 7 nitrogen and oxygen atoms in total. The maximum absolute atomic E-state index is 12.2. The number of anilines is 1. The highest BCUT2D eigenvalue weighted by Crippen LogP contribution is 2.29. The molecule has 134 valence electrons. The van der Waals surface area contributed by atoms with Crippen molar-refractivity contribution in [1.29, 1.82) is 0 Å². The normalized spacial score (nSPS) is 10.7. The van der Waals surface area contributed by atoms with Crippen LogP contribution in [0.15, 0.2) is 36.4 Å². The molecule has 0 aliphatic rings. The standard InChI is InChI=1S/C18H17N3O4S/c1-11-9-12(3-7-15(11)25-2)4-8-17(22)20-18-19-14-6-5-13(21(23)24)10-16(14)26-18/h3,5-7,9-10H,4,8H2,1-2H3,(H,19,20,22). The number of nitro groups is 1. The van der Waals surface area contributed by atoms with E-state index in [0.717, 1.165) is 16.9 Å². The predicted octanol–water partition coefficient (Wildman–Crippen LogP) is 4.09. The van der Waals surface area contributed by atoms with Crippen LogP contribution < -0.4 is 10.1 Å². The van der Waals surface area contributed by atoms with Gasteiger partial charge in [0, 0.05) is 18.6 Å². The first-order valence-corrected chi connectivity index (χ1v) is 8.76. The van der Waals surface area contributed by atoms with Gasteiger partial charge in [-0.3, -0.25) is 14.9 Å². The average Bonchev–Trinajstić information content (AvgIpc) is 3.01. The molecule has 1 aromatic heterocycles. The second-order valence-corrected chi connectivity index (χ2v) is 6.81.